The first-order valence-electron chi connectivity index (χ1n) is 8.68. The summed E-state index contributed by atoms with van der Waals surface area (Å²) in [6, 6.07) is 3.62. The molecule has 2 aliphatic rings. The van der Waals surface area contributed by atoms with Gasteiger partial charge in [-0.15, -0.1) is 0 Å². The number of aryl methyl sites for hydroxylation is 1. The fourth-order valence-electron chi connectivity index (χ4n) is 3.09. The Morgan fingerprint density at radius 1 is 1.46 bits per heavy atom. The molecule has 1 fully saturated rings. The van der Waals surface area contributed by atoms with Gasteiger partial charge < -0.3 is 15.5 Å². The van der Waals surface area contributed by atoms with Crippen molar-refractivity contribution in [3.05, 3.63) is 41.4 Å². The van der Waals surface area contributed by atoms with Crippen LogP contribution in [0, 0.1) is 6.92 Å². The number of nitrogens with one attached hydrogen (secondary N) is 1. The van der Waals surface area contributed by atoms with Gasteiger partial charge in [-0.1, -0.05) is 11.8 Å². The van der Waals surface area contributed by atoms with Gasteiger partial charge in [0.25, 0.3) is 5.91 Å². The van der Waals surface area contributed by atoms with Crippen molar-refractivity contribution in [1.82, 2.24) is 9.97 Å². The largest absolute Gasteiger partial charge is 0.445 e. The number of amides is 1. The number of aromatic nitrogens is 2. The van der Waals surface area contributed by atoms with Gasteiger partial charge in [-0.25, -0.2) is 9.98 Å². The number of hydrogen-bond donors (Lipinski definition) is 2. The van der Waals surface area contributed by atoms with E-state index in [2.05, 4.69) is 20.3 Å². The molecule has 0 spiro atoms. The smallest absolute Gasteiger partial charge is 0.277 e. The monoisotopic (exact) mass is 371 g/mol. The maximum atomic E-state index is 12.7. The number of anilines is 1. The SMILES string of the molecule is Cc1nc(C(=O)Nc2ccnc([C@]3(C)CCSC(N)=N3)c2)c(C2CC2)o1. The first-order valence-corrected chi connectivity index (χ1v) is 9.66. The Hall–Kier alpha value is -2.35. The van der Waals surface area contributed by atoms with E-state index in [1.807, 2.05) is 13.0 Å². The van der Waals surface area contributed by atoms with Gasteiger partial charge >= 0.3 is 0 Å². The maximum Gasteiger partial charge on any atom is 0.277 e. The summed E-state index contributed by atoms with van der Waals surface area (Å²) in [5.41, 5.74) is 7.25. The van der Waals surface area contributed by atoms with Crippen LogP contribution in [-0.2, 0) is 5.54 Å². The molecule has 26 heavy (non-hydrogen) atoms. The van der Waals surface area contributed by atoms with E-state index in [0.29, 0.717) is 34.1 Å². The normalized spacial score (nSPS) is 22.8. The van der Waals surface area contributed by atoms with Gasteiger partial charge in [-0.3, -0.25) is 9.78 Å². The predicted molar refractivity (Wildman–Crippen MR) is 101 cm³/mol. The molecule has 0 unspecified atom stereocenters. The molecule has 0 bridgehead atoms. The summed E-state index contributed by atoms with van der Waals surface area (Å²) in [6.07, 6.45) is 4.62. The minimum Gasteiger partial charge on any atom is -0.445 e. The van der Waals surface area contributed by atoms with Gasteiger partial charge in [0.2, 0.25) is 0 Å². The highest BCUT2D eigenvalue weighted by atomic mass is 32.2. The second-order valence-electron chi connectivity index (χ2n) is 6.93. The van der Waals surface area contributed by atoms with Gasteiger partial charge in [-0.05, 0) is 38.3 Å². The summed E-state index contributed by atoms with van der Waals surface area (Å²) in [5, 5.41) is 3.49. The number of carbonyl (C=O) groups is 1. The third-order valence-electron chi connectivity index (χ3n) is 4.69. The van der Waals surface area contributed by atoms with E-state index < -0.39 is 5.54 Å². The first-order chi connectivity index (χ1) is 12.4. The molecule has 2 aromatic heterocycles. The van der Waals surface area contributed by atoms with Crippen LogP contribution in [0.3, 0.4) is 0 Å². The average molecular weight is 371 g/mol. The molecule has 1 saturated carbocycles. The number of carbonyl (C=O) groups excluding carboxylic acids is 1. The lowest BCUT2D eigenvalue weighted by Crippen LogP contribution is -2.29. The highest BCUT2D eigenvalue weighted by Gasteiger charge is 2.34. The molecule has 3 heterocycles. The van der Waals surface area contributed by atoms with Crippen LogP contribution in [0.15, 0.2) is 27.7 Å². The van der Waals surface area contributed by atoms with Crippen molar-refractivity contribution in [2.24, 2.45) is 10.7 Å². The number of nitrogens with two attached hydrogens (primary N) is 1. The van der Waals surface area contributed by atoms with Crippen molar-refractivity contribution < 1.29 is 9.21 Å². The molecule has 1 amide bonds. The van der Waals surface area contributed by atoms with Crippen molar-refractivity contribution in [3.63, 3.8) is 0 Å². The number of rotatable bonds is 4. The molecule has 8 heteroatoms. The Morgan fingerprint density at radius 3 is 3.00 bits per heavy atom. The predicted octanol–water partition coefficient (Wildman–Crippen LogP) is 3.17. The van der Waals surface area contributed by atoms with Gasteiger partial charge in [0.05, 0.1) is 5.69 Å². The number of aliphatic imine (C=N–C) groups is 1. The summed E-state index contributed by atoms with van der Waals surface area (Å²) in [5.74, 6) is 2.18. The molecule has 1 atom stereocenters. The highest BCUT2D eigenvalue weighted by Crippen LogP contribution is 2.42. The van der Waals surface area contributed by atoms with Crippen LogP contribution in [0.4, 0.5) is 5.69 Å². The highest BCUT2D eigenvalue weighted by molar-refractivity contribution is 8.13. The van der Waals surface area contributed by atoms with E-state index in [4.69, 9.17) is 10.2 Å². The third-order valence-corrected chi connectivity index (χ3v) is 5.48. The van der Waals surface area contributed by atoms with Gasteiger partial charge in [0.15, 0.2) is 16.8 Å². The molecule has 7 nitrogen and oxygen atoms in total. The fraction of sp³-hybridized carbons (Fsp3) is 0.444. The Bertz CT molecular complexity index is 889. The van der Waals surface area contributed by atoms with Crippen molar-refractivity contribution in [2.45, 2.75) is 44.6 Å². The zero-order chi connectivity index (χ0) is 18.3. The standard InChI is InChI=1S/C18H21N5O2S/c1-10-21-14(15(25-10)11-3-4-11)16(24)22-12-5-7-20-13(9-12)18(2)6-8-26-17(19)23-18/h5,7,9,11H,3-4,6,8H2,1-2H3,(H2,19,23)(H,20,22,24)/t18-/m0/s1. The van der Waals surface area contributed by atoms with Crippen molar-refractivity contribution in [2.75, 3.05) is 11.1 Å². The lowest BCUT2D eigenvalue weighted by atomic mass is 9.94. The molecule has 1 aliphatic heterocycles. The topological polar surface area (TPSA) is 106 Å². The van der Waals surface area contributed by atoms with Gasteiger partial charge in [-0.2, -0.15) is 0 Å². The number of nitrogens with zero attached hydrogens (tertiary/aromatic N) is 3. The van der Waals surface area contributed by atoms with Crippen LogP contribution >= 0.6 is 11.8 Å². The maximum absolute atomic E-state index is 12.7. The summed E-state index contributed by atoms with van der Waals surface area (Å²) in [7, 11) is 0. The second-order valence-corrected chi connectivity index (χ2v) is 8.04. The lowest BCUT2D eigenvalue weighted by molar-refractivity contribution is 0.102. The minimum absolute atomic E-state index is 0.256. The summed E-state index contributed by atoms with van der Waals surface area (Å²) >= 11 is 1.55. The van der Waals surface area contributed by atoms with Crippen molar-refractivity contribution >= 4 is 28.5 Å². The lowest BCUT2D eigenvalue weighted by Gasteiger charge is -2.28. The van der Waals surface area contributed by atoms with E-state index in [1.165, 1.54) is 0 Å². The number of oxazole rings is 1. The quantitative estimate of drug-likeness (QED) is 0.855. The Kier molecular flexibility index (Phi) is 4.22. The van der Waals surface area contributed by atoms with E-state index in [-0.39, 0.29) is 5.91 Å². The van der Waals surface area contributed by atoms with E-state index in [0.717, 1.165) is 30.7 Å². The van der Waals surface area contributed by atoms with Gasteiger partial charge in [0, 0.05) is 30.5 Å². The Morgan fingerprint density at radius 2 is 2.27 bits per heavy atom. The fourth-order valence-corrected chi connectivity index (χ4v) is 4.07. The number of hydrogen-bond acceptors (Lipinski definition) is 7. The molecule has 0 aromatic carbocycles. The van der Waals surface area contributed by atoms with Crippen LogP contribution in [0.1, 0.15) is 59.9 Å². The molecule has 136 valence electrons. The van der Waals surface area contributed by atoms with Crippen LogP contribution in [0.2, 0.25) is 0 Å². The molecule has 0 radical (unpaired) electrons. The van der Waals surface area contributed by atoms with Crippen LogP contribution in [0.5, 0.6) is 0 Å². The van der Waals surface area contributed by atoms with Crippen LogP contribution in [0.25, 0.3) is 0 Å². The second kappa shape index (κ2) is 6.42. The zero-order valence-electron chi connectivity index (χ0n) is 14.8. The first kappa shape index (κ1) is 17.1. The molecule has 2 aromatic rings. The number of pyridine rings is 1. The van der Waals surface area contributed by atoms with Crippen molar-refractivity contribution in [1.29, 1.82) is 0 Å². The molecule has 1 aliphatic carbocycles. The van der Waals surface area contributed by atoms with E-state index in [9.17, 15) is 4.79 Å². The Labute approximate surface area is 155 Å². The van der Waals surface area contributed by atoms with Crippen LogP contribution < -0.4 is 11.1 Å². The van der Waals surface area contributed by atoms with Gasteiger partial charge in [0.1, 0.15) is 11.3 Å². The van der Waals surface area contributed by atoms with Crippen molar-refractivity contribution in [3.8, 4) is 0 Å². The summed E-state index contributed by atoms with van der Waals surface area (Å²) < 4.78 is 5.63. The minimum atomic E-state index is -0.472. The molecular weight excluding hydrogens is 350 g/mol. The molecular formula is C18H21N5O2S. The third kappa shape index (κ3) is 3.33. The summed E-state index contributed by atoms with van der Waals surface area (Å²) in [6.45, 7) is 3.78. The number of amidine groups is 1. The zero-order valence-corrected chi connectivity index (χ0v) is 15.6. The molecule has 4 rings (SSSR count). The van der Waals surface area contributed by atoms with E-state index in [1.54, 1.807) is 30.9 Å². The Balaban J connectivity index is 1.58. The number of thioether (sulfide) groups is 1. The van der Waals surface area contributed by atoms with Crippen LogP contribution in [-0.4, -0.2) is 26.8 Å². The van der Waals surface area contributed by atoms with E-state index >= 15 is 0 Å². The molecule has 0 saturated heterocycles. The average Bonchev–Trinajstić information content (AvgIpc) is 3.37. The summed E-state index contributed by atoms with van der Waals surface area (Å²) in [4.78, 5) is 26.0. The molecule has 3 N–H and O–H groups in total.